The lowest BCUT2D eigenvalue weighted by Gasteiger charge is -2.27. The van der Waals surface area contributed by atoms with Crippen molar-refractivity contribution in [1.29, 1.82) is 0 Å². The molecule has 1 aliphatic heterocycles. The van der Waals surface area contributed by atoms with E-state index in [1.165, 1.54) is 11.8 Å². The highest BCUT2D eigenvalue weighted by Gasteiger charge is 2.39. The van der Waals surface area contributed by atoms with Gasteiger partial charge in [-0.1, -0.05) is 23.7 Å². The average molecular weight is 520 g/mol. The Bertz CT molecular complexity index is 1140. The first kappa shape index (κ1) is 25.3. The summed E-state index contributed by atoms with van der Waals surface area (Å²) in [5.41, 5.74) is 0.990. The molecule has 0 bridgehead atoms. The van der Waals surface area contributed by atoms with Crippen LogP contribution in [-0.2, 0) is 16.1 Å². The van der Waals surface area contributed by atoms with Crippen molar-refractivity contribution in [3.05, 3.63) is 58.6 Å². The van der Waals surface area contributed by atoms with Crippen molar-refractivity contribution in [1.82, 2.24) is 10.6 Å². The number of hydrogen-bond donors (Lipinski definition) is 2. The van der Waals surface area contributed by atoms with Crippen molar-refractivity contribution >= 4 is 47.0 Å². The summed E-state index contributed by atoms with van der Waals surface area (Å²) in [7, 11) is 0. The molecule has 1 aliphatic carbocycles. The zero-order valence-electron chi connectivity index (χ0n) is 19.6. The third kappa shape index (κ3) is 6.46. The Hall–Kier alpha value is -2.78. The van der Waals surface area contributed by atoms with Gasteiger partial charge in [0, 0.05) is 27.7 Å². The van der Waals surface area contributed by atoms with Gasteiger partial charge >= 0.3 is 6.09 Å². The van der Waals surface area contributed by atoms with Gasteiger partial charge in [-0.05, 0) is 56.7 Å². The lowest BCUT2D eigenvalue weighted by molar-refractivity contribution is -0.120. The molecule has 2 N–H and O–H groups in total. The molecule has 35 heavy (non-hydrogen) atoms. The number of carbonyl (C=O) groups excluding carboxylic acids is 3. The van der Waals surface area contributed by atoms with Gasteiger partial charge in [-0.2, -0.15) is 0 Å². The minimum Gasteiger partial charge on any atom is -0.444 e. The fraction of sp³-hybridized carbons (Fsp3) is 0.400. The molecule has 7 nitrogen and oxygen atoms in total. The van der Waals surface area contributed by atoms with Crippen molar-refractivity contribution in [3.8, 4) is 0 Å². The number of anilines is 1. The normalized spacial score (nSPS) is 21.6. The van der Waals surface area contributed by atoms with Gasteiger partial charge in [0.2, 0.25) is 0 Å². The van der Waals surface area contributed by atoms with Gasteiger partial charge in [0.1, 0.15) is 17.8 Å². The van der Waals surface area contributed by atoms with Crippen LogP contribution in [0.25, 0.3) is 0 Å². The molecule has 0 spiro atoms. The Balaban J connectivity index is 1.63. The highest BCUT2D eigenvalue weighted by molar-refractivity contribution is 7.99. The van der Waals surface area contributed by atoms with Crippen molar-refractivity contribution in [2.45, 2.75) is 62.5 Å². The maximum Gasteiger partial charge on any atom is 0.408 e. The summed E-state index contributed by atoms with van der Waals surface area (Å²) >= 11 is 7.42. The Labute approximate surface area is 212 Å². The van der Waals surface area contributed by atoms with Crippen LogP contribution in [-0.4, -0.2) is 47.5 Å². The predicted molar refractivity (Wildman–Crippen MR) is 134 cm³/mol. The van der Waals surface area contributed by atoms with Gasteiger partial charge in [-0.15, -0.1) is 11.8 Å². The number of rotatable bonds is 5. The van der Waals surface area contributed by atoms with E-state index in [0.29, 0.717) is 28.4 Å². The van der Waals surface area contributed by atoms with E-state index in [2.05, 4.69) is 10.6 Å². The summed E-state index contributed by atoms with van der Waals surface area (Å²) in [4.78, 5) is 41.1. The molecule has 3 atom stereocenters. The van der Waals surface area contributed by atoms with E-state index < -0.39 is 35.9 Å². The van der Waals surface area contributed by atoms with Crippen LogP contribution in [0, 0.1) is 0 Å². The molecule has 0 saturated heterocycles. The topological polar surface area (TPSA) is 87.7 Å². The second-order valence-electron chi connectivity index (χ2n) is 9.57. The number of ether oxygens (including phenoxy) is 1. The lowest BCUT2D eigenvalue weighted by Crippen LogP contribution is -2.50. The largest absolute Gasteiger partial charge is 0.444 e. The quantitative estimate of drug-likeness (QED) is 0.597. The van der Waals surface area contributed by atoms with E-state index in [4.69, 9.17) is 16.3 Å². The third-order valence-electron chi connectivity index (χ3n) is 5.46. The van der Waals surface area contributed by atoms with Crippen molar-refractivity contribution in [2.75, 3.05) is 10.7 Å². The second-order valence-corrected chi connectivity index (χ2v) is 11.1. The first-order valence-electron chi connectivity index (χ1n) is 11.3. The number of thioether (sulfide) groups is 1. The Morgan fingerprint density at radius 1 is 1.17 bits per heavy atom. The van der Waals surface area contributed by atoms with Crippen LogP contribution in [0.4, 0.5) is 14.9 Å². The molecule has 2 aliphatic rings. The molecule has 10 heteroatoms. The Kier molecular flexibility index (Phi) is 7.28. The lowest BCUT2D eigenvalue weighted by atomic mass is 10.1. The van der Waals surface area contributed by atoms with Crippen LogP contribution in [0.2, 0.25) is 5.02 Å². The number of halogens is 2. The van der Waals surface area contributed by atoms with E-state index in [9.17, 15) is 18.8 Å². The van der Waals surface area contributed by atoms with E-state index in [1.54, 1.807) is 56.0 Å². The predicted octanol–water partition coefficient (Wildman–Crippen LogP) is 4.71. The number of benzene rings is 2. The molecule has 3 amide bonds. The fourth-order valence-electron chi connectivity index (χ4n) is 3.60. The maximum atomic E-state index is 13.7. The highest BCUT2D eigenvalue weighted by Crippen LogP contribution is 2.36. The van der Waals surface area contributed by atoms with E-state index in [-0.39, 0.29) is 12.5 Å². The minimum absolute atomic E-state index is 0.205. The first-order valence-corrected chi connectivity index (χ1v) is 12.6. The van der Waals surface area contributed by atoms with Gasteiger partial charge in [-0.25, -0.2) is 9.18 Å². The second kappa shape index (κ2) is 10.1. The summed E-state index contributed by atoms with van der Waals surface area (Å²) < 4.78 is 18.6. The molecule has 1 fully saturated rings. The number of nitrogens with zero attached hydrogens (tertiary/aromatic N) is 1. The molecule has 186 valence electrons. The van der Waals surface area contributed by atoms with E-state index in [0.717, 1.165) is 10.5 Å². The third-order valence-corrected chi connectivity index (χ3v) is 6.86. The zero-order valence-corrected chi connectivity index (χ0v) is 21.2. The molecular formula is C25H27ClFN3O4S. The zero-order chi connectivity index (χ0) is 25.3. The summed E-state index contributed by atoms with van der Waals surface area (Å²) in [6.07, 6.45) is -1.39. The van der Waals surface area contributed by atoms with Crippen molar-refractivity contribution in [2.24, 2.45) is 0 Å². The molecule has 2 aromatic carbocycles. The molecule has 0 radical (unpaired) electrons. The first-order chi connectivity index (χ1) is 16.5. The standard InChI is InChI=1S/C25H27ClFN3O4S/c1-25(2,3)34-24(33)29-19-13-35-21-9-6-15(22(31)28-18-11-17(18)27)10-20(21)30(23(19)32)12-14-4-7-16(26)8-5-14/h4-10,17-19H,11-13H2,1-3H3,(H,28,31)(H,29,33)/t17-,18+,19-/m0/s1. The van der Waals surface area contributed by atoms with Gasteiger partial charge in [0.15, 0.2) is 0 Å². The van der Waals surface area contributed by atoms with Crippen LogP contribution in [0.1, 0.15) is 43.1 Å². The number of carbonyl (C=O) groups is 3. The smallest absolute Gasteiger partial charge is 0.408 e. The molecule has 0 aromatic heterocycles. The number of alkyl halides is 1. The molecule has 4 rings (SSSR count). The van der Waals surface area contributed by atoms with Crippen LogP contribution in [0.5, 0.6) is 0 Å². The molecule has 1 heterocycles. The number of hydrogen-bond acceptors (Lipinski definition) is 5. The monoisotopic (exact) mass is 519 g/mol. The van der Waals surface area contributed by atoms with Crippen LogP contribution < -0.4 is 15.5 Å². The minimum atomic E-state index is -1.02. The van der Waals surface area contributed by atoms with Gasteiger partial charge in [0.05, 0.1) is 18.3 Å². The molecular weight excluding hydrogens is 493 g/mol. The molecule has 1 saturated carbocycles. The average Bonchev–Trinajstić information content (AvgIpc) is 3.50. The van der Waals surface area contributed by atoms with Crippen LogP contribution >= 0.6 is 23.4 Å². The van der Waals surface area contributed by atoms with E-state index in [1.807, 2.05) is 12.1 Å². The molecule has 2 aromatic rings. The number of nitrogens with one attached hydrogen (secondary N) is 2. The Morgan fingerprint density at radius 2 is 1.86 bits per heavy atom. The highest BCUT2D eigenvalue weighted by atomic mass is 35.5. The Morgan fingerprint density at radius 3 is 2.49 bits per heavy atom. The summed E-state index contributed by atoms with van der Waals surface area (Å²) in [5.74, 6) is -0.436. The number of alkyl carbamates (subject to hydrolysis) is 1. The molecule has 0 unspecified atom stereocenters. The van der Waals surface area contributed by atoms with Crippen LogP contribution in [0.15, 0.2) is 47.4 Å². The van der Waals surface area contributed by atoms with Crippen LogP contribution in [0.3, 0.4) is 0 Å². The van der Waals surface area contributed by atoms with Gasteiger partial charge in [0.25, 0.3) is 11.8 Å². The number of amides is 3. The van der Waals surface area contributed by atoms with Crippen molar-refractivity contribution < 1.29 is 23.5 Å². The van der Waals surface area contributed by atoms with E-state index >= 15 is 0 Å². The maximum absolute atomic E-state index is 13.7. The van der Waals surface area contributed by atoms with Gasteiger partial charge in [-0.3, -0.25) is 9.59 Å². The van der Waals surface area contributed by atoms with Crippen molar-refractivity contribution in [3.63, 3.8) is 0 Å². The summed E-state index contributed by atoms with van der Waals surface area (Å²) in [6.45, 7) is 5.45. The summed E-state index contributed by atoms with van der Waals surface area (Å²) in [5, 5.41) is 5.93. The number of fused-ring (bicyclic) bond motifs is 1. The fourth-order valence-corrected chi connectivity index (χ4v) is 4.78. The SMILES string of the molecule is CC(C)(C)OC(=O)N[C@H]1CSc2ccc(C(=O)N[C@@H]3C[C@@H]3F)cc2N(Cc2ccc(Cl)cc2)C1=O. The summed E-state index contributed by atoms with van der Waals surface area (Å²) in [6, 6.07) is 10.8. The van der Waals surface area contributed by atoms with Gasteiger partial charge < -0.3 is 20.3 Å².